The summed E-state index contributed by atoms with van der Waals surface area (Å²) in [7, 11) is 0. The van der Waals surface area contributed by atoms with Gasteiger partial charge >= 0.3 is 0 Å². The number of nitrogens with one attached hydrogen (secondary N) is 1. The average molecular weight is 187 g/mol. The highest BCUT2D eigenvalue weighted by molar-refractivity contribution is 5.35. The smallest absolute Gasteiger partial charge is 0.0142 e. The number of rotatable bonds is 0. The molecule has 14 heavy (non-hydrogen) atoms. The lowest BCUT2D eigenvalue weighted by Crippen LogP contribution is -2.30. The van der Waals surface area contributed by atoms with Crippen molar-refractivity contribution in [2.45, 2.75) is 31.7 Å². The van der Waals surface area contributed by atoms with Gasteiger partial charge in [0.2, 0.25) is 0 Å². The molecule has 3 atom stereocenters. The first-order valence-electron chi connectivity index (χ1n) is 5.67. The van der Waals surface area contributed by atoms with E-state index in [1.54, 1.807) is 11.1 Å². The molecule has 1 heteroatoms. The van der Waals surface area contributed by atoms with E-state index in [4.69, 9.17) is 0 Å². The number of fused-ring (bicyclic) bond motifs is 3. The summed E-state index contributed by atoms with van der Waals surface area (Å²) in [5, 5.41) is 3.65. The topological polar surface area (TPSA) is 12.0 Å². The molecule has 1 aliphatic heterocycles. The predicted molar refractivity (Wildman–Crippen MR) is 58.5 cm³/mol. The second-order valence-electron chi connectivity index (χ2n) is 4.76. The fraction of sp³-hybridized carbons (Fsp3) is 0.538. The Bertz CT molecular complexity index is 345. The molecule has 1 heterocycles. The molecule has 2 aliphatic rings. The van der Waals surface area contributed by atoms with Crippen molar-refractivity contribution in [2.24, 2.45) is 5.92 Å². The molecule has 0 aromatic heterocycles. The fourth-order valence-corrected chi connectivity index (χ4v) is 3.19. The standard InChI is InChI=1S/C13H17N/c1-9-8-14-12-7-6-10-4-2-3-5-11(10)13(9)12/h2-5,9,12-14H,6-8H2,1H3. The molecule has 3 unspecified atom stereocenters. The Morgan fingerprint density at radius 1 is 1.29 bits per heavy atom. The first kappa shape index (κ1) is 8.49. The van der Waals surface area contributed by atoms with E-state index in [0.717, 1.165) is 17.9 Å². The van der Waals surface area contributed by atoms with Gasteiger partial charge in [-0.3, -0.25) is 0 Å². The molecule has 3 rings (SSSR count). The Morgan fingerprint density at radius 2 is 2.14 bits per heavy atom. The van der Waals surface area contributed by atoms with Gasteiger partial charge in [0.05, 0.1) is 0 Å². The maximum atomic E-state index is 3.65. The first-order valence-corrected chi connectivity index (χ1v) is 5.67. The quantitative estimate of drug-likeness (QED) is 0.657. The molecule has 0 amide bonds. The lowest BCUT2D eigenvalue weighted by atomic mass is 9.76. The molecule has 1 saturated heterocycles. The van der Waals surface area contributed by atoms with Gasteiger partial charge in [-0.15, -0.1) is 0 Å². The van der Waals surface area contributed by atoms with Crippen LogP contribution in [0.5, 0.6) is 0 Å². The molecule has 0 saturated carbocycles. The minimum Gasteiger partial charge on any atom is -0.313 e. The van der Waals surface area contributed by atoms with Gasteiger partial charge in [0.1, 0.15) is 0 Å². The highest BCUT2D eigenvalue weighted by Crippen LogP contribution is 2.39. The van der Waals surface area contributed by atoms with Crippen LogP contribution in [0.1, 0.15) is 30.4 Å². The van der Waals surface area contributed by atoms with Crippen LogP contribution >= 0.6 is 0 Å². The van der Waals surface area contributed by atoms with Crippen LogP contribution in [0.2, 0.25) is 0 Å². The zero-order chi connectivity index (χ0) is 9.54. The van der Waals surface area contributed by atoms with Crippen molar-refractivity contribution >= 4 is 0 Å². The Hall–Kier alpha value is -0.820. The van der Waals surface area contributed by atoms with Crippen molar-refractivity contribution in [1.29, 1.82) is 0 Å². The van der Waals surface area contributed by atoms with Gasteiger partial charge in [0.25, 0.3) is 0 Å². The zero-order valence-electron chi connectivity index (χ0n) is 8.66. The summed E-state index contributed by atoms with van der Waals surface area (Å²) < 4.78 is 0. The fourth-order valence-electron chi connectivity index (χ4n) is 3.19. The Labute approximate surface area is 85.5 Å². The Morgan fingerprint density at radius 3 is 3.07 bits per heavy atom. The van der Waals surface area contributed by atoms with Crippen LogP contribution in [0.15, 0.2) is 24.3 Å². The van der Waals surface area contributed by atoms with Crippen molar-refractivity contribution in [3.63, 3.8) is 0 Å². The van der Waals surface area contributed by atoms with Crippen LogP contribution in [0.4, 0.5) is 0 Å². The summed E-state index contributed by atoms with van der Waals surface area (Å²) >= 11 is 0. The summed E-state index contributed by atoms with van der Waals surface area (Å²) in [6.07, 6.45) is 2.59. The second kappa shape index (κ2) is 3.09. The minimum absolute atomic E-state index is 0.750. The molecule has 1 N–H and O–H groups in total. The molecule has 0 bridgehead atoms. The third kappa shape index (κ3) is 1.12. The van der Waals surface area contributed by atoms with Crippen LogP contribution < -0.4 is 5.32 Å². The van der Waals surface area contributed by atoms with Crippen LogP contribution in [-0.4, -0.2) is 12.6 Å². The molecule has 1 nitrogen and oxygen atoms in total. The van der Waals surface area contributed by atoms with E-state index in [1.165, 1.54) is 19.4 Å². The lowest BCUT2D eigenvalue weighted by Gasteiger charge is -2.30. The minimum atomic E-state index is 0.750. The molecule has 1 aromatic carbocycles. The number of hydrogen-bond acceptors (Lipinski definition) is 1. The number of benzene rings is 1. The van der Waals surface area contributed by atoms with E-state index in [9.17, 15) is 0 Å². The summed E-state index contributed by atoms with van der Waals surface area (Å²) in [6, 6.07) is 9.74. The largest absolute Gasteiger partial charge is 0.313 e. The van der Waals surface area contributed by atoms with Gasteiger partial charge in [-0.05, 0) is 36.4 Å². The van der Waals surface area contributed by atoms with E-state index in [2.05, 4.69) is 36.5 Å². The monoisotopic (exact) mass is 187 g/mol. The van der Waals surface area contributed by atoms with Gasteiger partial charge in [0, 0.05) is 12.0 Å². The Balaban J connectivity index is 2.07. The third-order valence-electron chi connectivity index (χ3n) is 3.89. The van der Waals surface area contributed by atoms with Crippen LogP contribution in [0.25, 0.3) is 0 Å². The van der Waals surface area contributed by atoms with Crippen molar-refractivity contribution in [3.05, 3.63) is 35.4 Å². The van der Waals surface area contributed by atoms with Gasteiger partial charge in [-0.1, -0.05) is 31.2 Å². The molecular weight excluding hydrogens is 170 g/mol. The van der Waals surface area contributed by atoms with Gasteiger partial charge in [-0.25, -0.2) is 0 Å². The van der Waals surface area contributed by atoms with E-state index in [1.807, 2.05) is 0 Å². The van der Waals surface area contributed by atoms with Crippen molar-refractivity contribution in [1.82, 2.24) is 5.32 Å². The van der Waals surface area contributed by atoms with E-state index in [-0.39, 0.29) is 0 Å². The summed E-state index contributed by atoms with van der Waals surface area (Å²) in [5.74, 6) is 1.58. The van der Waals surface area contributed by atoms with Crippen molar-refractivity contribution in [2.75, 3.05) is 6.54 Å². The molecular formula is C13H17N. The maximum absolute atomic E-state index is 3.65. The molecule has 1 aliphatic carbocycles. The Kier molecular flexibility index (Phi) is 1.88. The number of aryl methyl sites for hydroxylation is 1. The predicted octanol–water partition coefficient (Wildman–Crippen LogP) is 2.32. The van der Waals surface area contributed by atoms with Crippen LogP contribution in [0, 0.1) is 5.92 Å². The van der Waals surface area contributed by atoms with Crippen molar-refractivity contribution < 1.29 is 0 Å². The molecule has 74 valence electrons. The average Bonchev–Trinajstić information content (AvgIpc) is 2.61. The molecule has 1 aromatic rings. The van der Waals surface area contributed by atoms with Crippen LogP contribution in [0.3, 0.4) is 0 Å². The van der Waals surface area contributed by atoms with Gasteiger partial charge < -0.3 is 5.32 Å². The first-order chi connectivity index (χ1) is 6.86. The van der Waals surface area contributed by atoms with E-state index >= 15 is 0 Å². The summed E-state index contributed by atoms with van der Waals surface area (Å²) in [5.41, 5.74) is 3.20. The summed E-state index contributed by atoms with van der Waals surface area (Å²) in [4.78, 5) is 0. The SMILES string of the molecule is CC1CNC2CCc3ccccc3C12. The molecule has 0 spiro atoms. The zero-order valence-corrected chi connectivity index (χ0v) is 8.66. The van der Waals surface area contributed by atoms with E-state index in [0.29, 0.717) is 0 Å². The van der Waals surface area contributed by atoms with Crippen LogP contribution in [-0.2, 0) is 6.42 Å². The van der Waals surface area contributed by atoms with Gasteiger partial charge in [-0.2, -0.15) is 0 Å². The normalized spacial score (nSPS) is 35.1. The highest BCUT2D eigenvalue weighted by Gasteiger charge is 2.37. The number of hydrogen-bond donors (Lipinski definition) is 1. The summed E-state index contributed by atoms with van der Waals surface area (Å²) in [6.45, 7) is 3.57. The van der Waals surface area contributed by atoms with Crippen molar-refractivity contribution in [3.8, 4) is 0 Å². The highest BCUT2D eigenvalue weighted by atomic mass is 15.0. The molecule has 0 radical (unpaired) electrons. The lowest BCUT2D eigenvalue weighted by molar-refractivity contribution is 0.443. The third-order valence-corrected chi connectivity index (χ3v) is 3.89. The van der Waals surface area contributed by atoms with E-state index < -0.39 is 0 Å². The van der Waals surface area contributed by atoms with Gasteiger partial charge in [0.15, 0.2) is 0 Å². The second-order valence-corrected chi connectivity index (χ2v) is 4.76. The maximum Gasteiger partial charge on any atom is 0.0142 e. The molecule has 1 fully saturated rings.